The van der Waals surface area contributed by atoms with E-state index in [1.807, 2.05) is 0 Å². The maximum atomic E-state index is 11.1. The Kier molecular flexibility index (Phi) is 6.30. The SMILES string of the molecule is COC(=O)N(OC)c1cncnc1O.[Y]. The van der Waals surface area contributed by atoms with Crippen LogP contribution in [0.4, 0.5) is 10.5 Å². The van der Waals surface area contributed by atoms with Gasteiger partial charge in [-0.25, -0.2) is 14.8 Å². The number of aromatic hydroxyl groups is 1. The average Bonchev–Trinajstić information content (AvgIpc) is 2.21. The molecule has 7 nitrogen and oxygen atoms in total. The maximum absolute atomic E-state index is 11.1. The zero-order valence-electron chi connectivity index (χ0n) is 8.25. The second-order valence-electron chi connectivity index (χ2n) is 2.18. The summed E-state index contributed by atoms with van der Waals surface area (Å²) in [5, 5.41) is 10.0. The first-order valence-electron chi connectivity index (χ1n) is 3.62. The van der Waals surface area contributed by atoms with Crippen molar-refractivity contribution in [3.63, 3.8) is 0 Å². The number of amides is 1. The Bertz CT molecular complexity index is 336. The summed E-state index contributed by atoms with van der Waals surface area (Å²) in [5.41, 5.74) is 0.0156. The first-order valence-corrected chi connectivity index (χ1v) is 3.62. The number of carbonyl (C=O) groups is 1. The minimum atomic E-state index is -0.780. The van der Waals surface area contributed by atoms with Crippen LogP contribution in [0.25, 0.3) is 0 Å². The zero-order chi connectivity index (χ0) is 10.6. The van der Waals surface area contributed by atoms with E-state index in [1.54, 1.807) is 0 Å². The summed E-state index contributed by atoms with van der Waals surface area (Å²) >= 11 is 0. The molecule has 0 aliphatic heterocycles. The van der Waals surface area contributed by atoms with Crippen molar-refractivity contribution >= 4 is 11.8 Å². The molecule has 79 valence electrons. The maximum Gasteiger partial charge on any atom is 0.438 e. The number of ether oxygens (including phenoxy) is 1. The van der Waals surface area contributed by atoms with Crippen molar-refractivity contribution in [2.24, 2.45) is 0 Å². The van der Waals surface area contributed by atoms with Gasteiger partial charge in [-0.15, -0.1) is 5.06 Å². The van der Waals surface area contributed by atoms with Gasteiger partial charge in [0.15, 0.2) is 5.69 Å². The van der Waals surface area contributed by atoms with Crippen LogP contribution >= 0.6 is 0 Å². The van der Waals surface area contributed by atoms with Crippen molar-refractivity contribution in [1.29, 1.82) is 0 Å². The predicted octanol–water partition coefficient (Wildman–Crippen LogP) is 0.314. The Morgan fingerprint density at radius 1 is 1.53 bits per heavy atom. The molecule has 0 aromatic carbocycles. The number of methoxy groups -OCH3 is 1. The van der Waals surface area contributed by atoms with Gasteiger partial charge in [0.1, 0.15) is 6.33 Å². The molecular weight excluding hydrogens is 279 g/mol. The van der Waals surface area contributed by atoms with Crippen LogP contribution < -0.4 is 5.06 Å². The van der Waals surface area contributed by atoms with E-state index < -0.39 is 6.09 Å². The van der Waals surface area contributed by atoms with Crippen molar-refractivity contribution < 1.29 is 52.2 Å². The largest absolute Gasteiger partial charge is 0.492 e. The van der Waals surface area contributed by atoms with Crippen LogP contribution in [0.3, 0.4) is 0 Å². The van der Waals surface area contributed by atoms with Crippen molar-refractivity contribution in [3.05, 3.63) is 12.5 Å². The van der Waals surface area contributed by atoms with Crippen LogP contribution in [0.2, 0.25) is 0 Å². The molecular formula is C7H9N3O4Y. The summed E-state index contributed by atoms with van der Waals surface area (Å²) in [7, 11) is 2.44. The molecule has 0 spiro atoms. The number of hydroxylamine groups is 1. The van der Waals surface area contributed by atoms with Crippen molar-refractivity contribution in [3.8, 4) is 5.88 Å². The molecule has 1 rings (SSSR count). The second kappa shape index (κ2) is 6.65. The molecule has 1 aromatic heterocycles. The van der Waals surface area contributed by atoms with Gasteiger partial charge in [-0.1, -0.05) is 0 Å². The van der Waals surface area contributed by atoms with Crippen LogP contribution in [0.5, 0.6) is 5.88 Å². The predicted molar refractivity (Wildman–Crippen MR) is 45.6 cm³/mol. The van der Waals surface area contributed by atoms with Crippen molar-refractivity contribution in [2.75, 3.05) is 19.3 Å². The first-order chi connectivity index (χ1) is 6.70. The minimum absolute atomic E-state index is 0. The van der Waals surface area contributed by atoms with E-state index in [9.17, 15) is 9.90 Å². The molecule has 0 bridgehead atoms. The summed E-state index contributed by atoms with van der Waals surface area (Å²) < 4.78 is 4.41. The number of rotatable bonds is 2. The molecule has 1 aromatic rings. The van der Waals surface area contributed by atoms with Crippen LogP contribution in [-0.4, -0.2) is 35.4 Å². The van der Waals surface area contributed by atoms with Gasteiger partial charge in [0, 0.05) is 32.7 Å². The average molecular weight is 288 g/mol. The quantitative estimate of drug-likeness (QED) is 0.789. The van der Waals surface area contributed by atoms with E-state index in [0.29, 0.717) is 0 Å². The van der Waals surface area contributed by atoms with E-state index in [4.69, 9.17) is 0 Å². The molecule has 1 N–H and O–H groups in total. The van der Waals surface area contributed by atoms with Gasteiger partial charge < -0.3 is 9.84 Å². The van der Waals surface area contributed by atoms with Gasteiger partial charge in [0.05, 0.1) is 20.4 Å². The third-order valence-electron chi connectivity index (χ3n) is 1.41. The van der Waals surface area contributed by atoms with Gasteiger partial charge in [-0.05, 0) is 0 Å². The number of carbonyl (C=O) groups excluding carboxylic acids is 1. The van der Waals surface area contributed by atoms with Crippen LogP contribution in [0.15, 0.2) is 12.5 Å². The standard InChI is InChI=1S/C7H9N3O4.Y/c1-13-7(12)10(14-2)5-3-8-4-9-6(5)11;/h3-4H,1-2H3,(H,8,9,11);. The third-order valence-corrected chi connectivity index (χ3v) is 1.41. The normalized spacial score (nSPS) is 8.93. The molecule has 0 aliphatic rings. The molecule has 1 amide bonds. The fourth-order valence-corrected chi connectivity index (χ4v) is 0.813. The smallest absolute Gasteiger partial charge is 0.438 e. The first kappa shape index (κ1) is 14.2. The molecule has 0 atom stereocenters. The van der Waals surface area contributed by atoms with E-state index in [1.165, 1.54) is 20.4 Å². The van der Waals surface area contributed by atoms with Gasteiger partial charge in [-0.2, -0.15) is 0 Å². The molecule has 0 unspecified atom stereocenters. The van der Waals surface area contributed by atoms with E-state index in [-0.39, 0.29) is 44.3 Å². The zero-order valence-corrected chi connectivity index (χ0v) is 11.1. The Balaban J connectivity index is 0.00000196. The number of hydrogen-bond acceptors (Lipinski definition) is 6. The summed E-state index contributed by atoms with van der Waals surface area (Å²) in [4.78, 5) is 22.9. The van der Waals surface area contributed by atoms with Gasteiger partial charge in [0.2, 0.25) is 5.88 Å². The number of anilines is 1. The van der Waals surface area contributed by atoms with Gasteiger partial charge in [0.25, 0.3) is 0 Å². The summed E-state index contributed by atoms with van der Waals surface area (Å²) in [6.45, 7) is 0. The molecule has 8 heteroatoms. The second-order valence-corrected chi connectivity index (χ2v) is 2.18. The number of nitrogens with zero attached hydrogens (tertiary/aromatic N) is 3. The van der Waals surface area contributed by atoms with Gasteiger partial charge in [-0.3, -0.25) is 4.84 Å². The Hall–Kier alpha value is -0.786. The summed E-state index contributed by atoms with van der Waals surface area (Å²) in [6.07, 6.45) is 1.59. The fraction of sp³-hybridized carbons (Fsp3) is 0.286. The van der Waals surface area contributed by atoms with Crippen molar-refractivity contribution in [1.82, 2.24) is 9.97 Å². The van der Waals surface area contributed by atoms with E-state index in [2.05, 4.69) is 19.5 Å². The third kappa shape index (κ3) is 3.37. The summed E-state index contributed by atoms with van der Waals surface area (Å²) in [5.74, 6) is -0.368. The number of hydrogen-bond donors (Lipinski definition) is 1. The molecule has 0 fully saturated rings. The van der Waals surface area contributed by atoms with E-state index in [0.717, 1.165) is 11.4 Å². The Morgan fingerprint density at radius 2 is 2.20 bits per heavy atom. The molecule has 0 saturated carbocycles. The Morgan fingerprint density at radius 3 is 2.67 bits per heavy atom. The monoisotopic (exact) mass is 288 g/mol. The minimum Gasteiger partial charge on any atom is -0.492 e. The molecule has 1 radical (unpaired) electrons. The summed E-state index contributed by atoms with van der Waals surface area (Å²) in [6, 6.07) is 0. The topological polar surface area (TPSA) is 84.8 Å². The molecule has 0 aliphatic carbocycles. The van der Waals surface area contributed by atoms with Crippen LogP contribution in [0, 0.1) is 0 Å². The van der Waals surface area contributed by atoms with Crippen LogP contribution in [-0.2, 0) is 42.3 Å². The van der Waals surface area contributed by atoms with Crippen molar-refractivity contribution in [2.45, 2.75) is 0 Å². The van der Waals surface area contributed by atoms with Gasteiger partial charge >= 0.3 is 6.09 Å². The number of aromatic nitrogens is 2. The Labute approximate surface area is 111 Å². The van der Waals surface area contributed by atoms with E-state index >= 15 is 0 Å². The fourth-order valence-electron chi connectivity index (χ4n) is 0.813. The van der Waals surface area contributed by atoms with Crippen LogP contribution in [0.1, 0.15) is 0 Å². The molecule has 0 saturated heterocycles. The molecule has 15 heavy (non-hydrogen) atoms. The molecule has 1 heterocycles.